The Labute approximate surface area is 188 Å². The van der Waals surface area contributed by atoms with E-state index >= 15 is 0 Å². The Morgan fingerprint density at radius 2 is 1.19 bits per heavy atom. The Bertz CT molecular complexity index is 659. The molecule has 1 aliphatic heterocycles. The van der Waals surface area contributed by atoms with Gasteiger partial charge in [0, 0.05) is 38.5 Å². The molecule has 4 amide bonds. The Hall–Kier alpha value is -2.72. The van der Waals surface area contributed by atoms with Crippen LogP contribution in [0.15, 0.2) is 23.3 Å². The molecule has 0 aromatic heterocycles. The first-order chi connectivity index (χ1) is 15.3. The Balaban J connectivity index is 2.28. The van der Waals surface area contributed by atoms with Crippen LogP contribution in [0.5, 0.6) is 0 Å². The number of hydrogen-bond acceptors (Lipinski definition) is 6. The second-order valence-corrected chi connectivity index (χ2v) is 7.92. The quantitative estimate of drug-likeness (QED) is 0.153. The van der Waals surface area contributed by atoms with E-state index in [1.807, 2.05) is 0 Å². The fourth-order valence-electron chi connectivity index (χ4n) is 3.16. The molecular weight excluding hydrogens is 416 g/mol. The molecule has 0 bridgehead atoms. The van der Waals surface area contributed by atoms with Gasteiger partial charge in [-0.1, -0.05) is 11.1 Å². The van der Waals surface area contributed by atoms with E-state index in [2.05, 4.69) is 21.3 Å². The third-order valence-corrected chi connectivity index (χ3v) is 4.97. The van der Waals surface area contributed by atoms with Crippen LogP contribution in [0.3, 0.4) is 0 Å². The van der Waals surface area contributed by atoms with Gasteiger partial charge in [-0.3, -0.25) is 19.2 Å². The van der Waals surface area contributed by atoms with Crippen molar-refractivity contribution in [1.82, 2.24) is 21.3 Å². The molecule has 0 saturated carbocycles. The van der Waals surface area contributed by atoms with Gasteiger partial charge in [-0.25, -0.2) is 0 Å². The lowest BCUT2D eigenvalue weighted by molar-refractivity contribution is -0.137. The molecule has 1 rings (SSSR count). The largest absolute Gasteiger partial charge is 0.396 e. The third-order valence-electron chi connectivity index (χ3n) is 4.97. The Morgan fingerprint density at radius 1 is 0.812 bits per heavy atom. The van der Waals surface area contributed by atoms with Crippen molar-refractivity contribution in [3.8, 4) is 0 Å². The molecule has 10 heteroatoms. The number of amides is 4. The number of hydrogen-bond donors (Lipinski definition) is 6. The van der Waals surface area contributed by atoms with Gasteiger partial charge in [-0.2, -0.15) is 0 Å². The van der Waals surface area contributed by atoms with Crippen LogP contribution < -0.4 is 21.3 Å². The van der Waals surface area contributed by atoms with Crippen molar-refractivity contribution in [3.05, 3.63) is 23.3 Å². The van der Waals surface area contributed by atoms with Crippen molar-refractivity contribution < 1.29 is 29.4 Å². The van der Waals surface area contributed by atoms with Gasteiger partial charge in [0.1, 0.15) is 12.1 Å². The summed E-state index contributed by atoms with van der Waals surface area (Å²) < 4.78 is 0. The van der Waals surface area contributed by atoms with E-state index < -0.39 is 12.1 Å². The molecule has 1 aliphatic rings. The van der Waals surface area contributed by atoms with Crippen molar-refractivity contribution in [2.24, 2.45) is 0 Å². The summed E-state index contributed by atoms with van der Waals surface area (Å²) in [4.78, 5) is 48.0. The fraction of sp³-hybridized carbons (Fsp3) is 0.636. The molecule has 0 aliphatic carbocycles. The maximum atomic E-state index is 12.3. The minimum Gasteiger partial charge on any atom is -0.396 e. The molecule has 32 heavy (non-hydrogen) atoms. The zero-order chi connectivity index (χ0) is 23.9. The zero-order valence-corrected chi connectivity index (χ0v) is 18.9. The van der Waals surface area contributed by atoms with Crippen molar-refractivity contribution >= 4 is 23.6 Å². The number of piperazine rings is 1. The van der Waals surface area contributed by atoms with E-state index in [0.717, 1.165) is 11.1 Å². The summed E-state index contributed by atoms with van der Waals surface area (Å²) in [7, 11) is 0. The standard InChI is InChI=1S/C22H36N4O6/c1-15(7-11-27)13-19(29)23-9-3-5-17-21(31)26-18(22(32)25-17)6-4-10-24-20(30)14-16(2)8-12-28/h13-14,17-18,27-28H,3-12H2,1-2H3,(H,23,29)(H,24,30)(H,25,32)(H,26,31)/b15-13+,16-14+/t17-,18-/m0/s1. The highest BCUT2D eigenvalue weighted by molar-refractivity contribution is 5.96. The van der Waals surface area contributed by atoms with Crippen LogP contribution in [0.1, 0.15) is 52.4 Å². The molecule has 2 atom stereocenters. The first-order valence-electron chi connectivity index (χ1n) is 11.0. The molecule has 0 spiro atoms. The molecule has 0 radical (unpaired) electrons. The average molecular weight is 453 g/mol. The smallest absolute Gasteiger partial charge is 0.243 e. The van der Waals surface area contributed by atoms with Gasteiger partial charge in [0.05, 0.1) is 0 Å². The first-order valence-corrected chi connectivity index (χ1v) is 11.0. The second-order valence-electron chi connectivity index (χ2n) is 7.92. The maximum absolute atomic E-state index is 12.3. The van der Waals surface area contributed by atoms with Crippen LogP contribution in [0.4, 0.5) is 0 Å². The first kappa shape index (κ1) is 27.3. The normalized spacial score (nSPS) is 19.2. The lowest BCUT2D eigenvalue weighted by atomic mass is 10.0. The molecule has 0 aromatic carbocycles. The highest BCUT2D eigenvalue weighted by atomic mass is 16.3. The number of rotatable bonds is 14. The minimum absolute atomic E-state index is 0.00972. The molecular formula is C22H36N4O6. The summed E-state index contributed by atoms with van der Waals surface area (Å²) in [6.45, 7) is 4.25. The zero-order valence-electron chi connectivity index (χ0n) is 18.9. The Kier molecular flexibility index (Phi) is 12.9. The lowest BCUT2D eigenvalue weighted by Gasteiger charge is -2.29. The Morgan fingerprint density at radius 3 is 1.53 bits per heavy atom. The molecule has 1 heterocycles. The van der Waals surface area contributed by atoms with Gasteiger partial charge in [0.2, 0.25) is 23.6 Å². The number of aliphatic hydroxyl groups excluding tert-OH is 2. The average Bonchev–Trinajstić information content (AvgIpc) is 2.71. The van der Waals surface area contributed by atoms with E-state index in [9.17, 15) is 19.2 Å². The lowest BCUT2D eigenvalue weighted by Crippen LogP contribution is -2.61. The fourth-order valence-corrected chi connectivity index (χ4v) is 3.16. The topological polar surface area (TPSA) is 157 Å². The highest BCUT2D eigenvalue weighted by Gasteiger charge is 2.32. The molecule has 180 valence electrons. The maximum Gasteiger partial charge on any atom is 0.243 e. The van der Waals surface area contributed by atoms with Crippen LogP contribution in [0.25, 0.3) is 0 Å². The van der Waals surface area contributed by atoms with Gasteiger partial charge in [-0.05, 0) is 52.4 Å². The van der Waals surface area contributed by atoms with Crippen molar-refractivity contribution in [2.45, 2.75) is 64.5 Å². The van der Waals surface area contributed by atoms with E-state index in [1.54, 1.807) is 13.8 Å². The van der Waals surface area contributed by atoms with E-state index in [0.29, 0.717) is 51.6 Å². The van der Waals surface area contributed by atoms with Gasteiger partial charge in [0.25, 0.3) is 0 Å². The van der Waals surface area contributed by atoms with Crippen LogP contribution in [-0.4, -0.2) is 72.2 Å². The monoisotopic (exact) mass is 452 g/mol. The molecule has 1 fully saturated rings. The van der Waals surface area contributed by atoms with Crippen molar-refractivity contribution in [1.29, 1.82) is 0 Å². The summed E-state index contributed by atoms with van der Waals surface area (Å²) in [6, 6.07) is -1.27. The van der Waals surface area contributed by atoms with E-state index in [4.69, 9.17) is 10.2 Å². The van der Waals surface area contributed by atoms with Crippen LogP contribution in [0, 0.1) is 0 Å². The van der Waals surface area contributed by atoms with Gasteiger partial charge >= 0.3 is 0 Å². The van der Waals surface area contributed by atoms with E-state index in [-0.39, 0.29) is 36.8 Å². The SMILES string of the molecule is C/C(=C\C(=O)NCCC[C@@H]1NC(=O)[C@H](CCCNC(=O)/C=C(\C)CCO)NC1=O)CCO. The molecule has 10 nitrogen and oxygen atoms in total. The summed E-state index contributed by atoms with van der Waals surface area (Å²) in [5.74, 6) is -1.02. The molecule has 0 aromatic rings. The van der Waals surface area contributed by atoms with Crippen LogP contribution in [-0.2, 0) is 19.2 Å². The van der Waals surface area contributed by atoms with E-state index in [1.165, 1.54) is 12.2 Å². The highest BCUT2D eigenvalue weighted by Crippen LogP contribution is 2.08. The van der Waals surface area contributed by atoms with Crippen LogP contribution in [0.2, 0.25) is 0 Å². The number of carbonyl (C=O) groups is 4. The second kappa shape index (κ2) is 15.1. The minimum atomic E-state index is -0.637. The summed E-state index contributed by atoms with van der Waals surface area (Å²) in [6.07, 6.45) is 5.61. The van der Waals surface area contributed by atoms with Gasteiger partial charge in [-0.15, -0.1) is 0 Å². The van der Waals surface area contributed by atoms with Gasteiger partial charge in [0.15, 0.2) is 0 Å². The molecule has 6 N–H and O–H groups in total. The van der Waals surface area contributed by atoms with Crippen molar-refractivity contribution in [2.75, 3.05) is 26.3 Å². The predicted molar refractivity (Wildman–Crippen MR) is 119 cm³/mol. The van der Waals surface area contributed by atoms with Crippen LogP contribution >= 0.6 is 0 Å². The number of nitrogens with one attached hydrogen (secondary N) is 4. The van der Waals surface area contributed by atoms with Crippen molar-refractivity contribution in [3.63, 3.8) is 0 Å². The predicted octanol–water partition coefficient (Wildman–Crippen LogP) is -0.580. The summed E-state index contributed by atoms with van der Waals surface area (Å²) in [5, 5.41) is 28.5. The summed E-state index contributed by atoms with van der Waals surface area (Å²) in [5.41, 5.74) is 1.56. The number of carbonyl (C=O) groups excluding carboxylic acids is 4. The molecule has 0 unspecified atom stereocenters. The molecule has 1 saturated heterocycles. The third kappa shape index (κ3) is 11.1. The number of aliphatic hydroxyl groups is 2. The summed E-state index contributed by atoms with van der Waals surface area (Å²) >= 11 is 0. The van der Waals surface area contributed by atoms with Gasteiger partial charge < -0.3 is 31.5 Å².